The fourth-order valence-corrected chi connectivity index (χ4v) is 4.16. The molecule has 2 N–H and O–H groups in total. The van der Waals surface area contributed by atoms with E-state index in [2.05, 4.69) is 31.5 Å². The smallest absolute Gasteiger partial charge is 0.262 e. The average Bonchev–Trinajstić information content (AvgIpc) is 3.15. The van der Waals surface area contributed by atoms with E-state index in [9.17, 15) is 9.59 Å². The highest BCUT2D eigenvalue weighted by Crippen LogP contribution is 2.21. The number of nitrogens with zero attached hydrogens (tertiary/aromatic N) is 1. The Bertz CT molecular complexity index is 699. The van der Waals surface area contributed by atoms with Gasteiger partial charge in [0.05, 0.1) is 13.7 Å². The molecule has 1 atom stereocenters. The normalized spacial score (nSPS) is 12.0. The standard InChI is InChI=1S/C16H20BrN3O2S2/c1-10-9-23-14(19-10)5-3-4-8-18-15(21)11(2)20-16(22)12-6-7-13(17)24-12/h6-7,9,11H,3-5,8H2,1-2H3,(H,18,21)(H,20,22). The maximum Gasteiger partial charge on any atom is 0.262 e. The summed E-state index contributed by atoms with van der Waals surface area (Å²) in [6, 6.07) is 2.99. The second kappa shape index (κ2) is 9.29. The van der Waals surface area contributed by atoms with Gasteiger partial charge in [-0.05, 0) is 61.2 Å². The zero-order valence-electron chi connectivity index (χ0n) is 13.6. The first kappa shape index (κ1) is 19.1. The number of unbranched alkanes of at least 4 members (excludes halogenated alkanes) is 1. The summed E-state index contributed by atoms with van der Waals surface area (Å²) in [4.78, 5) is 29.0. The number of aromatic nitrogens is 1. The molecule has 2 amide bonds. The van der Waals surface area contributed by atoms with E-state index in [4.69, 9.17) is 0 Å². The lowest BCUT2D eigenvalue weighted by atomic mass is 10.2. The molecule has 5 nitrogen and oxygen atoms in total. The number of thiazole rings is 1. The Morgan fingerprint density at radius 1 is 1.33 bits per heavy atom. The van der Waals surface area contributed by atoms with Crippen molar-refractivity contribution in [3.8, 4) is 0 Å². The first-order valence-electron chi connectivity index (χ1n) is 7.70. The van der Waals surface area contributed by atoms with Crippen LogP contribution in [0.15, 0.2) is 21.3 Å². The zero-order chi connectivity index (χ0) is 17.5. The van der Waals surface area contributed by atoms with Crippen molar-refractivity contribution in [3.63, 3.8) is 0 Å². The van der Waals surface area contributed by atoms with Gasteiger partial charge in [0.1, 0.15) is 6.04 Å². The minimum absolute atomic E-state index is 0.163. The molecule has 0 spiro atoms. The summed E-state index contributed by atoms with van der Waals surface area (Å²) in [6.45, 7) is 4.28. The molecular formula is C16H20BrN3O2S2. The number of hydrogen-bond donors (Lipinski definition) is 2. The van der Waals surface area contributed by atoms with E-state index in [1.165, 1.54) is 11.3 Å². The van der Waals surface area contributed by atoms with Gasteiger partial charge in [0.2, 0.25) is 5.91 Å². The number of aryl methyl sites for hydroxylation is 2. The van der Waals surface area contributed by atoms with Crippen LogP contribution in [0.1, 0.15) is 40.1 Å². The highest BCUT2D eigenvalue weighted by Gasteiger charge is 2.17. The van der Waals surface area contributed by atoms with Gasteiger partial charge in [0.15, 0.2) is 0 Å². The molecule has 2 aromatic heterocycles. The van der Waals surface area contributed by atoms with Crippen LogP contribution in [0.3, 0.4) is 0 Å². The van der Waals surface area contributed by atoms with Gasteiger partial charge in [-0.25, -0.2) is 4.98 Å². The molecule has 8 heteroatoms. The summed E-state index contributed by atoms with van der Waals surface area (Å²) >= 11 is 6.34. The molecule has 0 aliphatic rings. The summed E-state index contributed by atoms with van der Waals surface area (Å²) in [5, 5.41) is 8.76. The lowest BCUT2D eigenvalue weighted by molar-refractivity contribution is -0.122. The second-order valence-electron chi connectivity index (χ2n) is 5.43. The van der Waals surface area contributed by atoms with Crippen molar-refractivity contribution in [1.82, 2.24) is 15.6 Å². The molecule has 0 aromatic carbocycles. The topological polar surface area (TPSA) is 71.1 Å². The second-order valence-corrected chi connectivity index (χ2v) is 8.84. The minimum atomic E-state index is -0.556. The Morgan fingerprint density at radius 3 is 2.75 bits per heavy atom. The van der Waals surface area contributed by atoms with Crippen LogP contribution >= 0.6 is 38.6 Å². The Balaban J connectivity index is 1.63. The van der Waals surface area contributed by atoms with E-state index < -0.39 is 6.04 Å². The van der Waals surface area contributed by atoms with Crippen molar-refractivity contribution in [3.05, 3.63) is 36.9 Å². The monoisotopic (exact) mass is 429 g/mol. The molecule has 24 heavy (non-hydrogen) atoms. The summed E-state index contributed by atoms with van der Waals surface area (Å²) in [5.74, 6) is -0.392. The van der Waals surface area contributed by atoms with Crippen LogP contribution in [0.2, 0.25) is 0 Å². The number of hydrogen-bond acceptors (Lipinski definition) is 5. The van der Waals surface area contributed by atoms with E-state index in [0.29, 0.717) is 11.4 Å². The van der Waals surface area contributed by atoms with Gasteiger partial charge < -0.3 is 10.6 Å². The summed E-state index contributed by atoms with van der Waals surface area (Å²) in [7, 11) is 0. The van der Waals surface area contributed by atoms with Crippen molar-refractivity contribution in [2.75, 3.05) is 6.54 Å². The first-order valence-corrected chi connectivity index (χ1v) is 10.2. The number of rotatable bonds is 8. The van der Waals surface area contributed by atoms with Crippen molar-refractivity contribution in [2.24, 2.45) is 0 Å². The summed E-state index contributed by atoms with van der Waals surface area (Å²) in [5.41, 5.74) is 1.06. The van der Waals surface area contributed by atoms with E-state index >= 15 is 0 Å². The van der Waals surface area contributed by atoms with Crippen LogP contribution in [-0.4, -0.2) is 29.4 Å². The lowest BCUT2D eigenvalue weighted by Gasteiger charge is -2.13. The Labute approximate surface area is 158 Å². The molecule has 0 saturated carbocycles. The van der Waals surface area contributed by atoms with Crippen molar-refractivity contribution >= 4 is 50.4 Å². The fourth-order valence-electron chi connectivity index (χ4n) is 2.05. The van der Waals surface area contributed by atoms with Crippen LogP contribution in [0, 0.1) is 6.92 Å². The molecule has 0 aliphatic carbocycles. The van der Waals surface area contributed by atoms with Gasteiger partial charge in [-0.1, -0.05) is 0 Å². The van der Waals surface area contributed by atoms with Crippen molar-refractivity contribution in [2.45, 2.75) is 39.2 Å². The number of carbonyl (C=O) groups excluding carboxylic acids is 2. The molecule has 0 aliphatic heterocycles. The van der Waals surface area contributed by atoms with E-state index in [1.807, 2.05) is 18.4 Å². The molecule has 130 valence electrons. The van der Waals surface area contributed by atoms with Crippen LogP contribution < -0.4 is 10.6 Å². The third kappa shape index (κ3) is 5.99. The van der Waals surface area contributed by atoms with Crippen LogP contribution in [0.5, 0.6) is 0 Å². The van der Waals surface area contributed by atoms with Crippen molar-refractivity contribution in [1.29, 1.82) is 0 Å². The molecule has 2 rings (SSSR count). The van der Waals surface area contributed by atoms with Gasteiger partial charge in [-0.3, -0.25) is 9.59 Å². The molecule has 0 radical (unpaired) electrons. The van der Waals surface area contributed by atoms with E-state index in [-0.39, 0.29) is 11.8 Å². The number of carbonyl (C=O) groups is 2. The van der Waals surface area contributed by atoms with E-state index in [1.54, 1.807) is 24.3 Å². The predicted octanol–water partition coefficient (Wildman–Crippen LogP) is 3.53. The maximum atomic E-state index is 12.0. The van der Waals surface area contributed by atoms with E-state index in [0.717, 1.165) is 33.8 Å². The molecule has 0 fully saturated rings. The third-order valence-corrected chi connectivity index (χ3v) is 5.97. The first-order chi connectivity index (χ1) is 11.5. The number of amides is 2. The Hall–Kier alpha value is -1.25. The summed E-state index contributed by atoms with van der Waals surface area (Å²) in [6.07, 6.45) is 2.81. The molecule has 2 aromatic rings. The minimum Gasteiger partial charge on any atom is -0.354 e. The fraction of sp³-hybridized carbons (Fsp3) is 0.438. The number of thiophene rings is 1. The SMILES string of the molecule is Cc1csc(CCCCNC(=O)C(C)NC(=O)c2ccc(Br)s2)n1. The average molecular weight is 430 g/mol. The van der Waals surface area contributed by atoms with Crippen LogP contribution in [0.25, 0.3) is 0 Å². The van der Waals surface area contributed by atoms with Gasteiger partial charge >= 0.3 is 0 Å². The molecule has 2 heterocycles. The lowest BCUT2D eigenvalue weighted by Crippen LogP contribution is -2.44. The van der Waals surface area contributed by atoms with Crippen LogP contribution in [0.4, 0.5) is 0 Å². The molecule has 0 saturated heterocycles. The summed E-state index contributed by atoms with van der Waals surface area (Å²) < 4.78 is 0.889. The van der Waals surface area contributed by atoms with Crippen LogP contribution in [-0.2, 0) is 11.2 Å². The highest BCUT2D eigenvalue weighted by molar-refractivity contribution is 9.11. The predicted molar refractivity (Wildman–Crippen MR) is 102 cm³/mol. The number of halogens is 1. The quantitative estimate of drug-likeness (QED) is 0.630. The van der Waals surface area contributed by atoms with Gasteiger partial charge in [-0.15, -0.1) is 22.7 Å². The zero-order valence-corrected chi connectivity index (χ0v) is 16.8. The number of nitrogens with one attached hydrogen (secondary N) is 2. The maximum absolute atomic E-state index is 12.0. The van der Waals surface area contributed by atoms with Gasteiger partial charge in [0, 0.05) is 17.6 Å². The molecule has 0 bridgehead atoms. The Kier molecular flexibility index (Phi) is 7.39. The molecular weight excluding hydrogens is 410 g/mol. The molecule has 1 unspecified atom stereocenters. The van der Waals surface area contributed by atoms with Crippen molar-refractivity contribution < 1.29 is 9.59 Å². The van der Waals surface area contributed by atoms with Gasteiger partial charge in [0.25, 0.3) is 5.91 Å². The largest absolute Gasteiger partial charge is 0.354 e. The third-order valence-electron chi connectivity index (χ3n) is 3.32. The Morgan fingerprint density at radius 2 is 2.12 bits per heavy atom. The highest BCUT2D eigenvalue weighted by atomic mass is 79.9. The van der Waals surface area contributed by atoms with Gasteiger partial charge in [-0.2, -0.15) is 0 Å².